The van der Waals surface area contributed by atoms with Crippen LogP contribution < -0.4 is 5.32 Å². The van der Waals surface area contributed by atoms with E-state index in [4.69, 9.17) is 0 Å². The molecule has 2 aromatic heterocycles. The van der Waals surface area contributed by atoms with Crippen LogP contribution in [-0.4, -0.2) is 35.9 Å². The van der Waals surface area contributed by atoms with Crippen molar-refractivity contribution in [2.45, 2.75) is 13.0 Å². The number of aromatic nitrogens is 6. The van der Waals surface area contributed by atoms with Crippen molar-refractivity contribution in [2.24, 2.45) is 0 Å². The van der Waals surface area contributed by atoms with Gasteiger partial charge in [-0.05, 0) is 52.7 Å². The van der Waals surface area contributed by atoms with Crippen molar-refractivity contribution in [3.8, 4) is 5.69 Å². The molecule has 0 bridgehead atoms. The van der Waals surface area contributed by atoms with Crippen LogP contribution in [0.1, 0.15) is 17.2 Å². The van der Waals surface area contributed by atoms with E-state index in [0.29, 0.717) is 5.69 Å². The predicted octanol–water partition coefficient (Wildman–Crippen LogP) is 2.40. The van der Waals surface area contributed by atoms with E-state index in [0.717, 1.165) is 16.8 Å². The standard InChI is InChI=1S/C19H17N7O/c1-14-12-16(8-9-17(14)26-13-20-23-24-26)22-19(27)18(25-11-5-10-21-25)15-6-3-2-4-7-15/h2-13,18H,1H3,(H,22,27). The van der Waals surface area contributed by atoms with Crippen molar-refractivity contribution in [3.05, 3.63) is 84.4 Å². The summed E-state index contributed by atoms with van der Waals surface area (Å²) in [7, 11) is 0. The van der Waals surface area contributed by atoms with Crippen molar-refractivity contribution in [3.63, 3.8) is 0 Å². The van der Waals surface area contributed by atoms with Crippen molar-refractivity contribution in [1.82, 2.24) is 30.0 Å². The van der Waals surface area contributed by atoms with Gasteiger partial charge in [0.1, 0.15) is 6.33 Å². The zero-order valence-electron chi connectivity index (χ0n) is 14.6. The number of carbonyl (C=O) groups is 1. The summed E-state index contributed by atoms with van der Waals surface area (Å²) in [6.45, 7) is 1.94. The molecule has 1 amide bonds. The van der Waals surface area contributed by atoms with Crippen LogP contribution in [0.5, 0.6) is 0 Å². The number of nitrogens with zero attached hydrogens (tertiary/aromatic N) is 6. The Kier molecular flexibility index (Phi) is 4.44. The van der Waals surface area contributed by atoms with Crippen molar-refractivity contribution < 1.29 is 4.79 Å². The van der Waals surface area contributed by atoms with E-state index in [9.17, 15) is 4.79 Å². The highest BCUT2D eigenvalue weighted by Gasteiger charge is 2.23. The Labute approximate surface area is 155 Å². The lowest BCUT2D eigenvalue weighted by Crippen LogP contribution is -2.27. The molecule has 8 heteroatoms. The van der Waals surface area contributed by atoms with Gasteiger partial charge in [0.05, 0.1) is 5.69 Å². The molecule has 0 saturated heterocycles. The molecule has 0 radical (unpaired) electrons. The fraction of sp³-hybridized carbons (Fsp3) is 0.105. The van der Waals surface area contributed by atoms with Gasteiger partial charge >= 0.3 is 0 Å². The first-order chi connectivity index (χ1) is 13.2. The number of amides is 1. The number of hydrogen-bond donors (Lipinski definition) is 1. The zero-order chi connectivity index (χ0) is 18.6. The van der Waals surface area contributed by atoms with Crippen LogP contribution in [0.3, 0.4) is 0 Å². The van der Waals surface area contributed by atoms with Crippen LogP contribution >= 0.6 is 0 Å². The molecule has 0 spiro atoms. The fourth-order valence-corrected chi connectivity index (χ4v) is 2.97. The lowest BCUT2D eigenvalue weighted by molar-refractivity contribution is -0.118. The fourth-order valence-electron chi connectivity index (χ4n) is 2.97. The lowest BCUT2D eigenvalue weighted by Gasteiger charge is -2.18. The van der Waals surface area contributed by atoms with Crippen LogP contribution in [0.4, 0.5) is 5.69 Å². The van der Waals surface area contributed by atoms with E-state index in [-0.39, 0.29) is 5.91 Å². The third-order valence-corrected chi connectivity index (χ3v) is 4.21. The van der Waals surface area contributed by atoms with Crippen molar-refractivity contribution in [1.29, 1.82) is 0 Å². The maximum atomic E-state index is 13.0. The van der Waals surface area contributed by atoms with E-state index < -0.39 is 6.04 Å². The largest absolute Gasteiger partial charge is 0.324 e. The molecule has 0 fully saturated rings. The minimum Gasteiger partial charge on any atom is -0.324 e. The highest BCUT2D eigenvalue weighted by atomic mass is 16.2. The second-order valence-electron chi connectivity index (χ2n) is 6.04. The molecule has 0 aliphatic rings. The number of benzene rings is 2. The first kappa shape index (κ1) is 16.6. The van der Waals surface area contributed by atoms with E-state index in [1.807, 2.05) is 55.5 Å². The van der Waals surface area contributed by atoms with Crippen LogP contribution in [0.15, 0.2) is 73.3 Å². The molecule has 0 aliphatic carbocycles. The van der Waals surface area contributed by atoms with Crippen molar-refractivity contribution in [2.75, 3.05) is 5.32 Å². The number of hydrogen-bond acceptors (Lipinski definition) is 5. The van der Waals surface area contributed by atoms with Gasteiger partial charge < -0.3 is 5.32 Å². The second-order valence-corrected chi connectivity index (χ2v) is 6.04. The van der Waals surface area contributed by atoms with Crippen molar-refractivity contribution >= 4 is 11.6 Å². The number of carbonyl (C=O) groups excluding carboxylic acids is 1. The third-order valence-electron chi connectivity index (χ3n) is 4.21. The molecule has 8 nitrogen and oxygen atoms in total. The molecule has 1 unspecified atom stereocenters. The van der Waals surface area contributed by atoms with E-state index in [1.54, 1.807) is 27.8 Å². The molecular weight excluding hydrogens is 342 g/mol. The summed E-state index contributed by atoms with van der Waals surface area (Å²) < 4.78 is 3.23. The summed E-state index contributed by atoms with van der Waals surface area (Å²) in [4.78, 5) is 13.0. The van der Waals surface area contributed by atoms with Gasteiger partial charge in [-0.1, -0.05) is 30.3 Å². The minimum atomic E-state index is -0.555. The molecule has 1 N–H and O–H groups in total. The number of tetrazole rings is 1. The van der Waals surface area contributed by atoms with Crippen LogP contribution in [0.2, 0.25) is 0 Å². The molecular formula is C19H17N7O. The predicted molar refractivity (Wildman–Crippen MR) is 99.3 cm³/mol. The number of rotatable bonds is 5. The Morgan fingerprint density at radius 3 is 2.63 bits per heavy atom. The molecule has 0 saturated carbocycles. The van der Waals surface area contributed by atoms with Gasteiger partial charge in [0.15, 0.2) is 6.04 Å². The highest BCUT2D eigenvalue weighted by Crippen LogP contribution is 2.22. The van der Waals surface area contributed by atoms with Gasteiger partial charge in [-0.15, -0.1) is 5.10 Å². The Morgan fingerprint density at radius 1 is 1.11 bits per heavy atom. The summed E-state index contributed by atoms with van der Waals surface area (Å²) in [5.74, 6) is -0.167. The molecule has 2 aromatic carbocycles. The van der Waals surface area contributed by atoms with E-state index >= 15 is 0 Å². The third kappa shape index (κ3) is 3.45. The Hall–Kier alpha value is -3.81. The normalized spacial score (nSPS) is 11.9. The summed E-state index contributed by atoms with van der Waals surface area (Å²) >= 11 is 0. The molecule has 1 atom stereocenters. The Bertz CT molecular complexity index is 1030. The van der Waals surface area contributed by atoms with Gasteiger partial charge in [-0.2, -0.15) is 5.10 Å². The van der Waals surface area contributed by atoms with Gasteiger partial charge in [-0.25, -0.2) is 4.68 Å². The molecule has 134 valence electrons. The topological polar surface area (TPSA) is 90.5 Å². The molecule has 4 aromatic rings. The van der Waals surface area contributed by atoms with Crippen LogP contribution in [0, 0.1) is 6.92 Å². The van der Waals surface area contributed by atoms with Gasteiger partial charge in [0.2, 0.25) is 0 Å². The van der Waals surface area contributed by atoms with Gasteiger partial charge in [0.25, 0.3) is 5.91 Å². The monoisotopic (exact) mass is 359 g/mol. The maximum Gasteiger partial charge on any atom is 0.253 e. The molecule has 2 heterocycles. The summed E-state index contributed by atoms with van der Waals surface area (Å²) in [5.41, 5.74) is 3.35. The smallest absolute Gasteiger partial charge is 0.253 e. The molecule has 4 rings (SSSR count). The van der Waals surface area contributed by atoms with Crippen LogP contribution in [-0.2, 0) is 4.79 Å². The highest BCUT2D eigenvalue weighted by molar-refractivity contribution is 5.95. The summed E-state index contributed by atoms with van der Waals surface area (Å²) in [6, 6.07) is 16.4. The SMILES string of the molecule is Cc1cc(NC(=O)C(c2ccccc2)n2cccn2)ccc1-n1cnnn1. The minimum absolute atomic E-state index is 0.167. The first-order valence-electron chi connectivity index (χ1n) is 8.41. The quantitative estimate of drug-likeness (QED) is 0.591. The Balaban J connectivity index is 1.61. The number of aryl methyl sites for hydroxylation is 1. The zero-order valence-corrected chi connectivity index (χ0v) is 14.6. The maximum absolute atomic E-state index is 13.0. The van der Waals surface area contributed by atoms with E-state index in [2.05, 4.69) is 25.9 Å². The van der Waals surface area contributed by atoms with Gasteiger partial charge in [0, 0.05) is 18.1 Å². The first-order valence-corrected chi connectivity index (χ1v) is 8.41. The lowest BCUT2D eigenvalue weighted by atomic mass is 10.1. The summed E-state index contributed by atoms with van der Waals surface area (Å²) in [6.07, 6.45) is 4.97. The number of nitrogens with one attached hydrogen (secondary N) is 1. The average molecular weight is 359 g/mol. The second kappa shape index (κ2) is 7.20. The summed E-state index contributed by atoms with van der Waals surface area (Å²) in [5, 5.41) is 18.4. The Morgan fingerprint density at radius 2 is 1.96 bits per heavy atom. The number of anilines is 1. The van der Waals surface area contributed by atoms with E-state index in [1.165, 1.54) is 6.33 Å². The molecule has 0 aliphatic heterocycles. The van der Waals surface area contributed by atoms with Gasteiger partial charge in [-0.3, -0.25) is 9.48 Å². The average Bonchev–Trinajstić information content (AvgIpc) is 3.37. The molecule has 27 heavy (non-hydrogen) atoms. The van der Waals surface area contributed by atoms with Crippen LogP contribution in [0.25, 0.3) is 5.69 Å².